The number of primary amides is 1. The standard InChI is InChI=1S/C13H20N2O2S/c1-5-13(8(2)3,12(14)17)15-11(16)10-7-18-6-9(10)4/h6-8H,5H2,1-4H3,(H2,14,17)(H,15,16)/t13-/m1/s1. The molecular formula is C13H20N2O2S. The highest BCUT2D eigenvalue weighted by Crippen LogP contribution is 2.23. The molecule has 0 spiro atoms. The van der Waals surface area contributed by atoms with Crippen LogP contribution in [0.1, 0.15) is 43.1 Å². The summed E-state index contributed by atoms with van der Waals surface area (Å²) in [6, 6.07) is 0. The number of carbonyl (C=O) groups is 2. The first-order valence-corrected chi connectivity index (χ1v) is 6.94. The monoisotopic (exact) mass is 268 g/mol. The maximum atomic E-state index is 12.2. The van der Waals surface area contributed by atoms with E-state index in [2.05, 4.69) is 5.32 Å². The van der Waals surface area contributed by atoms with Gasteiger partial charge in [0.1, 0.15) is 5.54 Å². The molecule has 0 aromatic carbocycles. The molecule has 2 amide bonds. The zero-order valence-electron chi connectivity index (χ0n) is 11.2. The zero-order valence-corrected chi connectivity index (χ0v) is 12.1. The number of aryl methyl sites for hydroxylation is 1. The van der Waals surface area contributed by atoms with Gasteiger partial charge in [-0.15, -0.1) is 0 Å². The van der Waals surface area contributed by atoms with Crippen molar-refractivity contribution in [1.29, 1.82) is 0 Å². The Morgan fingerprint density at radius 3 is 2.39 bits per heavy atom. The van der Waals surface area contributed by atoms with Crippen LogP contribution in [0.2, 0.25) is 0 Å². The SMILES string of the molecule is CC[C@](NC(=O)c1cscc1C)(C(N)=O)C(C)C. The van der Waals surface area contributed by atoms with Gasteiger partial charge in [-0.3, -0.25) is 9.59 Å². The molecule has 4 nitrogen and oxygen atoms in total. The molecule has 0 unspecified atom stereocenters. The third kappa shape index (κ3) is 2.56. The number of thiophene rings is 1. The number of nitrogens with two attached hydrogens (primary N) is 1. The van der Waals surface area contributed by atoms with Crippen LogP contribution in [-0.2, 0) is 4.79 Å². The Balaban J connectivity index is 3.02. The second-order valence-electron chi connectivity index (χ2n) is 4.77. The molecule has 3 N–H and O–H groups in total. The van der Waals surface area contributed by atoms with Gasteiger partial charge < -0.3 is 11.1 Å². The molecule has 0 fully saturated rings. The summed E-state index contributed by atoms with van der Waals surface area (Å²) in [5.41, 5.74) is 6.01. The number of rotatable bonds is 5. The zero-order chi connectivity index (χ0) is 13.9. The van der Waals surface area contributed by atoms with Gasteiger partial charge in [0.2, 0.25) is 5.91 Å². The van der Waals surface area contributed by atoms with Gasteiger partial charge >= 0.3 is 0 Å². The summed E-state index contributed by atoms with van der Waals surface area (Å²) in [6.45, 7) is 7.49. The molecule has 1 aromatic rings. The summed E-state index contributed by atoms with van der Waals surface area (Å²) in [5.74, 6) is -0.771. The van der Waals surface area contributed by atoms with Crippen molar-refractivity contribution in [3.63, 3.8) is 0 Å². The number of amides is 2. The fourth-order valence-electron chi connectivity index (χ4n) is 2.02. The molecule has 1 rings (SSSR count). The number of carbonyl (C=O) groups excluding carboxylic acids is 2. The Labute approximate surface area is 112 Å². The van der Waals surface area contributed by atoms with Crippen molar-refractivity contribution in [2.75, 3.05) is 0 Å². The molecule has 0 aliphatic heterocycles. The van der Waals surface area contributed by atoms with E-state index in [-0.39, 0.29) is 11.8 Å². The van der Waals surface area contributed by atoms with E-state index in [1.165, 1.54) is 11.3 Å². The van der Waals surface area contributed by atoms with Gasteiger partial charge in [-0.2, -0.15) is 11.3 Å². The Hall–Kier alpha value is -1.36. The van der Waals surface area contributed by atoms with Crippen molar-refractivity contribution in [2.24, 2.45) is 11.7 Å². The molecule has 0 saturated carbocycles. The molecule has 0 radical (unpaired) electrons. The van der Waals surface area contributed by atoms with Crippen molar-refractivity contribution < 1.29 is 9.59 Å². The Kier molecular flexibility index (Phi) is 4.51. The van der Waals surface area contributed by atoms with Crippen LogP contribution in [0, 0.1) is 12.8 Å². The molecule has 0 aliphatic rings. The lowest BCUT2D eigenvalue weighted by Crippen LogP contribution is -2.60. The maximum absolute atomic E-state index is 12.2. The molecule has 1 heterocycles. The van der Waals surface area contributed by atoms with E-state index in [1.807, 2.05) is 33.1 Å². The van der Waals surface area contributed by atoms with E-state index in [4.69, 9.17) is 5.73 Å². The van der Waals surface area contributed by atoms with Gasteiger partial charge in [0.05, 0.1) is 5.56 Å². The molecule has 0 saturated heterocycles. The predicted molar refractivity (Wildman–Crippen MR) is 73.6 cm³/mol. The molecular weight excluding hydrogens is 248 g/mol. The lowest BCUT2D eigenvalue weighted by Gasteiger charge is -2.34. The maximum Gasteiger partial charge on any atom is 0.253 e. The van der Waals surface area contributed by atoms with E-state index in [9.17, 15) is 9.59 Å². The largest absolute Gasteiger partial charge is 0.368 e. The van der Waals surface area contributed by atoms with E-state index in [1.54, 1.807) is 5.38 Å². The molecule has 0 bridgehead atoms. The summed E-state index contributed by atoms with van der Waals surface area (Å²) in [5, 5.41) is 6.50. The minimum atomic E-state index is -0.981. The van der Waals surface area contributed by atoms with E-state index < -0.39 is 11.4 Å². The van der Waals surface area contributed by atoms with E-state index in [0.717, 1.165) is 5.56 Å². The highest BCUT2D eigenvalue weighted by Gasteiger charge is 2.40. The first kappa shape index (κ1) is 14.7. The van der Waals surface area contributed by atoms with Crippen LogP contribution in [0.25, 0.3) is 0 Å². The summed E-state index contributed by atoms with van der Waals surface area (Å²) in [6.07, 6.45) is 0.481. The molecule has 100 valence electrons. The lowest BCUT2D eigenvalue weighted by atomic mass is 9.82. The van der Waals surface area contributed by atoms with Crippen LogP contribution < -0.4 is 11.1 Å². The highest BCUT2D eigenvalue weighted by atomic mass is 32.1. The number of nitrogens with one attached hydrogen (secondary N) is 1. The van der Waals surface area contributed by atoms with Crippen molar-refractivity contribution in [1.82, 2.24) is 5.32 Å². The molecule has 1 aromatic heterocycles. The van der Waals surface area contributed by atoms with Crippen LogP contribution in [0.15, 0.2) is 10.8 Å². The Bertz CT molecular complexity index is 454. The van der Waals surface area contributed by atoms with Crippen LogP contribution in [0.3, 0.4) is 0 Å². The predicted octanol–water partition coefficient (Wildman–Crippen LogP) is 2.08. The van der Waals surface area contributed by atoms with Gasteiger partial charge in [0, 0.05) is 5.38 Å². The summed E-state index contributed by atoms with van der Waals surface area (Å²) in [4.78, 5) is 23.9. The topological polar surface area (TPSA) is 72.2 Å². The first-order valence-electron chi connectivity index (χ1n) is 6.00. The minimum absolute atomic E-state index is 0.0529. The fourth-order valence-corrected chi connectivity index (χ4v) is 2.85. The van der Waals surface area contributed by atoms with Gasteiger partial charge in [-0.05, 0) is 30.2 Å². The number of hydrogen-bond donors (Lipinski definition) is 2. The van der Waals surface area contributed by atoms with Gasteiger partial charge in [0.15, 0.2) is 0 Å². The van der Waals surface area contributed by atoms with Gasteiger partial charge in [0.25, 0.3) is 5.91 Å². The smallest absolute Gasteiger partial charge is 0.253 e. The Morgan fingerprint density at radius 1 is 1.44 bits per heavy atom. The van der Waals surface area contributed by atoms with Gasteiger partial charge in [-0.1, -0.05) is 20.8 Å². The highest BCUT2D eigenvalue weighted by molar-refractivity contribution is 7.08. The van der Waals surface area contributed by atoms with Crippen molar-refractivity contribution >= 4 is 23.2 Å². The first-order chi connectivity index (χ1) is 8.35. The molecule has 0 aliphatic carbocycles. The Morgan fingerprint density at radius 2 is 2.06 bits per heavy atom. The third-order valence-corrected chi connectivity index (χ3v) is 4.28. The molecule has 1 atom stereocenters. The normalized spacial score (nSPS) is 14.3. The number of hydrogen-bond acceptors (Lipinski definition) is 3. The minimum Gasteiger partial charge on any atom is -0.368 e. The average molecular weight is 268 g/mol. The van der Waals surface area contributed by atoms with Crippen LogP contribution >= 0.6 is 11.3 Å². The van der Waals surface area contributed by atoms with E-state index in [0.29, 0.717) is 12.0 Å². The third-order valence-electron chi connectivity index (χ3n) is 3.42. The summed E-state index contributed by atoms with van der Waals surface area (Å²) in [7, 11) is 0. The molecule has 18 heavy (non-hydrogen) atoms. The second-order valence-corrected chi connectivity index (χ2v) is 5.51. The lowest BCUT2D eigenvalue weighted by molar-refractivity contribution is -0.126. The summed E-state index contributed by atoms with van der Waals surface area (Å²) < 4.78 is 0. The summed E-state index contributed by atoms with van der Waals surface area (Å²) >= 11 is 1.47. The van der Waals surface area contributed by atoms with E-state index >= 15 is 0 Å². The fraction of sp³-hybridized carbons (Fsp3) is 0.538. The quantitative estimate of drug-likeness (QED) is 0.858. The molecule has 5 heteroatoms. The average Bonchev–Trinajstić information content (AvgIpc) is 2.71. The van der Waals surface area contributed by atoms with Crippen LogP contribution in [-0.4, -0.2) is 17.4 Å². The van der Waals surface area contributed by atoms with Crippen molar-refractivity contribution in [2.45, 2.75) is 39.7 Å². The van der Waals surface area contributed by atoms with Crippen molar-refractivity contribution in [3.8, 4) is 0 Å². The van der Waals surface area contributed by atoms with Gasteiger partial charge in [-0.25, -0.2) is 0 Å². The van der Waals surface area contributed by atoms with Crippen molar-refractivity contribution in [3.05, 3.63) is 21.9 Å². The van der Waals surface area contributed by atoms with Crippen LogP contribution in [0.5, 0.6) is 0 Å². The van der Waals surface area contributed by atoms with Crippen LogP contribution in [0.4, 0.5) is 0 Å². The second kappa shape index (κ2) is 5.52.